The van der Waals surface area contributed by atoms with E-state index in [0.29, 0.717) is 13.2 Å². The van der Waals surface area contributed by atoms with Crippen LogP contribution in [0, 0.1) is 0 Å². The Hall–Kier alpha value is -2.95. The molecule has 5 nitrogen and oxygen atoms in total. The van der Waals surface area contributed by atoms with Crippen LogP contribution in [-0.2, 0) is 20.1 Å². The highest BCUT2D eigenvalue weighted by molar-refractivity contribution is 5.85. The van der Waals surface area contributed by atoms with E-state index in [1.807, 2.05) is 43.4 Å². The predicted octanol–water partition coefficient (Wildman–Crippen LogP) is 2.97. The van der Waals surface area contributed by atoms with Gasteiger partial charge in [-0.05, 0) is 35.7 Å². The van der Waals surface area contributed by atoms with E-state index in [2.05, 4.69) is 28.2 Å². The number of nitrogens with two attached hydrogens (primary N) is 1. The number of urea groups is 1. The van der Waals surface area contributed by atoms with Gasteiger partial charge in [0, 0.05) is 30.7 Å². The Bertz CT molecular complexity index is 840. The van der Waals surface area contributed by atoms with Crippen molar-refractivity contribution in [3.63, 3.8) is 0 Å². The maximum atomic E-state index is 10.8. The maximum absolute atomic E-state index is 10.8. The predicted molar refractivity (Wildman–Crippen MR) is 95.0 cm³/mol. The molecular formula is C19H21N3O2. The monoisotopic (exact) mass is 323 g/mol. The molecule has 0 atom stereocenters. The van der Waals surface area contributed by atoms with E-state index in [0.717, 1.165) is 34.2 Å². The summed E-state index contributed by atoms with van der Waals surface area (Å²) in [5.41, 5.74) is 8.55. The average Bonchev–Trinajstić information content (AvgIpc) is 2.89. The summed E-state index contributed by atoms with van der Waals surface area (Å²) in [6, 6.07) is 15.7. The second-order valence-corrected chi connectivity index (χ2v) is 5.76. The van der Waals surface area contributed by atoms with Gasteiger partial charge in [0.2, 0.25) is 0 Å². The standard InChI is InChI=1S/C19H21N3O2/c1-22-12-15(9-10-21-19(20)23)17-11-16(7-8-18(17)22)24-13-14-5-3-2-4-6-14/h2-8,11-12H,9-10,13H2,1H3,(H3,20,21,23). The van der Waals surface area contributed by atoms with Crippen LogP contribution in [0.5, 0.6) is 5.75 Å². The number of primary amides is 1. The molecule has 3 N–H and O–H groups in total. The van der Waals surface area contributed by atoms with Crippen molar-refractivity contribution in [3.05, 3.63) is 65.9 Å². The molecule has 24 heavy (non-hydrogen) atoms. The Morgan fingerprint density at radius 2 is 2.00 bits per heavy atom. The van der Waals surface area contributed by atoms with Gasteiger partial charge in [0.25, 0.3) is 0 Å². The van der Waals surface area contributed by atoms with Crippen LogP contribution < -0.4 is 15.8 Å². The fourth-order valence-corrected chi connectivity index (χ4v) is 2.80. The van der Waals surface area contributed by atoms with Gasteiger partial charge in [-0.15, -0.1) is 0 Å². The maximum Gasteiger partial charge on any atom is 0.312 e. The van der Waals surface area contributed by atoms with Crippen molar-refractivity contribution in [1.29, 1.82) is 0 Å². The number of aryl methyl sites for hydroxylation is 1. The van der Waals surface area contributed by atoms with Crippen LogP contribution in [0.4, 0.5) is 4.79 Å². The molecule has 2 aromatic carbocycles. The number of ether oxygens (including phenoxy) is 1. The normalized spacial score (nSPS) is 10.7. The SMILES string of the molecule is Cn1cc(CCNC(N)=O)c2cc(OCc3ccccc3)ccc21. The minimum Gasteiger partial charge on any atom is -0.489 e. The highest BCUT2D eigenvalue weighted by Crippen LogP contribution is 2.26. The van der Waals surface area contributed by atoms with Crippen molar-refractivity contribution in [2.45, 2.75) is 13.0 Å². The van der Waals surface area contributed by atoms with Gasteiger partial charge in [0.15, 0.2) is 0 Å². The minimum absolute atomic E-state index is 0.498. The van der Waals surface area contributed by atoms with E-state index in [1.54, 1.807) is 0 Å². The van der Waals surface area contributed by atoms with E-state index in [1.165, 1.54) is 0 Å². The summed E-state index contributed by atoms with van der Waals surface area (Å²) in [4.78, 5) is 10.8. The van der Waals surface area contributed by atoms with Gasteiger partial charge in [-0.25, -0.2) is 4.79 Å². The van der Waals surface area contributed by atoms with Gasteiger partial charge < -0.3 is 20.4 Å². The summed E-state index contributed by atoms with van der Waals surface area (Å²) >= 11 is 0. The number of rotatable bonds is 6. The molecule has 3 rings (SSSR count). The molecule has 1 heterocycles. The van der Waals surface area contributed by atoms with Crippen molar-refractivity contribution in [1.82, 2.24) is 9.88 Å². The summed E-state index contributed by atoms with van der Waals surface area (Å²) in [6.07, 6.45) is 2.80. The number of nitrogens with one attached hydrogen (secondary N) is 1. The van der Waals surface area contributed by atoms with Crippen molar-refractivity contribution in [2.75, 3.05) is 6.54 Å². The van der Waals surface area contributed by atoms with Crippen molar-refractivity contribution in [3.8, 4) is 5.75 Å². The van der Waals surface area contributed by atoms with Gasteiger partial charge in [-0.2, -0.15) is 0 Å². The molecule has 0 saturated heterocycles. The van der Waals surface area contributed by atoms with Crippen LogP contribution in [0.15, 0.2) is 54.7 Å². The molecule has 0 radical (unpaired) electrons. The first-order valence-electron chi connectivity index (χ1n) is 7.91. The Morgan fingerprint density at radius 3 is 2.75 bits per heavy atom. The fraction of sp³-hybridized carbons (Fsp3) is 0.211. The quantitative estimate of drug-likeness (QED) is 0.732. The van der Waals surface area contributed by atoms with Crippen LogP contribution in [-0.4, -0.2) is 17.1 Å². The molecule has 124 valence electrons. The fourth-order valence-electron chi connectivity index (χ4n) is 2.80. The highest BCUT2D eigenvalue weighted by atomic mass is 16.5. The summed E-state index contributed by atoms with van der Waals surface area (Å²) in [6.45, 7) is 1.06. The first kappa shape index (κ1) is 15.9. The Morgan fingerprint density at radius 1 is 1.21 bits per heavy atom. The van der Waals surface area contributed by atoms with Gasteiger partial charge in [-0.1, -0.05) is 30.3 Å². The average molecular weight is 323 g/mol. The first-order chi connectivity index (χ1) is 11.6. The molecular weight excluding hydrogens is 302 g/mol. The molecule has 0 bridgehead atoms. The number of nitrogens with zero attached hydrogens (tertiary/aromatic N) is 1. The van der Waals surface area contributed by atoms with Gasteiger partial charge in [-0.3, -0.25) is 0 Å². The molecule has 0 spiro atoms. The van der Waals surface area contributed by atoms with E-state index in [-0.39, 0.29) is 0 Å². The number of aromatic nitrogens is 1. The first-order valence-corrected chi connectivity index (χ1v) is 7.91. The molecule has 0 aliphatic carbocycles. The number of amides is 2. The van der Waals surface area contributed by atoms with Crippen LogP contribution in [0.3, 0.4) is 0 Å². The lowest BCUT2D eigenvalue weighted by Crippen LogP contribution is -2.30. The number of hydrogen-bond acceptors (Lipinski definition) is 2. The summed E-state index contributed by atoms with van der Waals surface area (Å²) in [7, 11) is 2.01. The lowest BCUT2D eigenvalue weighted by atomic mass is 10.1. The second kappa shape index (κ2) is 7.08. The summed E-state index contributed by atoms with van der Waals surface area (Å²) < 4.78 is 7.99. The largest absolute Gasteiger partial charge is 0.489 e. The molecule has 0 aliphatic rings. The minimum atomic E-state index is -0.498. The molecule has 0 aliphatic heterocycles. The molecule has 0 unspecified atom stereocenters. The smallest absolute Gasteiger partial charge is 0.312 e. The van der Waals surface area contributed by atoms with Crippen LogP contribution >= 0.6 is 0 Å². The van der Waals surface area contributed by atoms with Crippen LogP contribution in [0.2, 0.25) is 0 Å². The Labute approximate surface area is 141 Å². The zero-order valence-corrected chi connectivity index (χ0v) is 13.7. The lowest BCUT2D eigenvalue weighted by molar-refractivity contribution is 0.249. The van der Waals surface area contributed by atoms with E-state index < -0.39 is 6.03 Å². The van der Waals surface area contributed by atoms with Gasteiger partial charge >= 0.3 is 6.03 Å². The topological polar surface area (TPSA) is 69.3 Å². The molecule has 0 fully saturated rings. The molecule has 2 amide bonds. The van der Waals surface area contributed by atoms with Crippen LogP contribution in [0.1, 0.15) is 11.1 Å². The van der Waals surface area contributed by atoms with Crippen molar-refractivity contribution < 1.29 is 9.53 Å². The lowest BCUT2D eigenvalue weighted by Gasteiger charge is -2.07. The summed E-state index contributed by atoms with van der Waals surface area (Å²) in [5.74, 6) is 0.835. The van der Waals surface area contributed by atoms with E-state index in [4.69, 9.17) is 10.5 Å². The van der Waals surface area contributed by atoms with E-state index >= 15 is 0 Å². The van der Waals surface area contributed by atoms with Crippen LogP contribution in [0.25, 0.3) is 10.9 Å². The third kappa shape index (κ3) is 3.68. The molecule has 5 heteroatoms. The van der Waals surface area contributed by atoms with Crippen molar-refractivity contribution >= 4 is 16.9 Å². The number of carbonyl (C=O) groups excluding carboxylic acids is 1. The third-order valence-electron chi connectivity index (χ3n) is 3.99. The van der Waals surface area contributed by atoms with Gasteiger partial charge in [0.05, 0.1) is 0 Å². The zero-order chi connectivity index (χ0) is 16.9. The number of carbonyl (C=O) groups is 1. The summed E-state index contributed by atoms with van der Waals surface area (Å²) in [5, 5.41) is 3.76. The van der Waals surface area contributed by atoms with E-state index in [9.17, 15) is 4.79 Å². The highest BCUT2D eigenvalue weighted by Gasteiger charge is 2.08. The third-order valence-corrected chi connectivity index (χ3v) is 3.99. The zero-order valence-electron chi connectivity index (χ0n) is 13.7. The van der Waals surface area contributed by atoms with Gasteiger partial charge in [0.1, 0.15) is 12.4 Å². The Kier molecular flexibility index (Phi) is 4.70. The second-order valence-electron chi connectivity index (χ2n) is 5.76. The molecule has 1 aromatic heterocycles. The number of hydrogen-bond donors (Lipinski definition) is 2. The van der Waals surface area contributed by atoms with Crippen molar-refractivity contribution in [2.24, 2.45) is 12.8 Å². The Balaban J connectivity index is 1.77. The number of fused-ring (bicyclic) bond motifs is 1. The molecule has 0 saturated carbocycles. The molecule has 3 aromatic rings. The number of benzene rings is 2.